The Morgan fingerprint density at radius 1 is 1.37 bits per heavy atom. The van der Waals surface area contributed by atoms with Crippen molar-refractivity contribution < 1.29 is 4.79 Å². The first-order chi connectivity index (χ1) is 9.13. The summed E-state index contributed by atoms with van der Waals surface area (Å²) >= 11 is 0. The molecule has 2 heterocycles. The summed E-state index contributed by atoms with van der Waals surface area (Å²) in [5.74, 6) is 6.66. The molecule has 7 heteroatoms. The van der Waals surface area contributed by atoms with E-state index in [1.807, 2.05) is 18.7 Å². The first-order valence-corrected chi connectivity index (χ1v) is 6.47. The van der Waals surface area contributed by atoms with E-state index >= 15 is 0 Å². The molecule has 0 radical (unpaired) electrons. The van der Waals surface area contributed by atoms with Crippen molar-refractivity contribution in [1.82, 2.24) is 14.9 Å². The summed E-state index contributed by atoms with van der Waals surface area (Å²) in [7, 11) is 0. The summed E-state index contributed by atoms with van der Waals surface area (Å²) in [6.07, 6.45) is 3.59. The Bertz CT molecular complexity index is 458. The van der Waals surface area contributed by atoms with Crippen LogP contribution in [-0.4, -0.2) is 39.9 Å². The third kappa shape index (κ3) is 2.93. The van der Waals surface area contributed by atoms with Gasteiger partial charge in [-0.05, 0) is 26.7 Å². The molecule has 1 atom stereocenters. The Morgan fingerprint density at radius 3 is 2.63 bits per heavy atom. The van der Waals surface area contributed by atoms with Crippen LogP contribution in [-0.2, 0) is 4.79 Å². The number of aromatic nitrogens is 2. The maximum absolute atomic E-state index is 12.2. The van der Waals surface area contributed by atoms with Crippen LogP contribution < -0.4 is 16.6 Å². The minimum atomic E-state index is -0.308. The van der Waals surface area contributed by atoms with E-state index in [2.05, 4.69) is 20.7 Å². The largest absolute Gasteiger partial charge is 0.358 e. The van der Waals surface area contributed by atoms with E-state index in [4.69, 9.17) is 5.84 Å². The number of amides is 1. The fraction of sp³-hybridized carbons (Fsp3) is 0.583. The van der Waals surface area contributed by atoms with E-state index in [-0.39, 0.29) is 11.9 Å². The van der Waals surface area contributed by atoms with Crippen molar-refractivity contribution in [2.75, 3.05) is 23.8 Å². The second-order valence-electron chi connectivity index (χ2n) is 4.74. The fourth-order valence-electron chi connectivity index (χ4n) is 2.22. The number of rotatable bonds is 4. The molecule has 1 unspecified atom stereocenters. The van der Waals surface area contributed by atoms with Crippen molar-refractivity contribution in [3.63, 3.8) is 0 Å². The molecule has 1 saturated heterocycles. The summed E-state index contributed by atoms with van der Waals surface area (Å²) in [4.78, 5) is 22.2. The van der Waals surface area contributed by atoms with Crippen LogP contribution in [0.3, 0.4) is 0 Å². The number of hydrogen-bond donors (Lipinski definition) is 3. The molecule has 1 aliphatic rings. The number of anilines is 2. The third-order valence-electron chi connectivity index (χ3n) is 3.36. The monoisotopic (exact) mass is 264 g/mol. The number of hydrogen-bond acceptors (Lipinski definition) is 6. The van der Waals surface area contributed by atoms with Gasteiger partial charge < -0.3 is 15.6 Å². The number of nitrogens with two attached hydrogens (primary N) is 1. The number of nitrogens with zero attached hydrogens (tertiary/aromatic N) is 3. The number of nitrogen functional groups attached to an aromatic ring is 1. The zero-order valence-corrected chi connectivity index (χ0v) is 11.3. The number of carbonyl (C=O) groups excluding carboxylic acids is 1. The average molecular weight is 264 g/mol. The minimum absolute atomic E-state index is 0.109. The van der Waals surface area contributed by atoms with Gasteiger partial charge in [0.25, 0.3) is 0 Å². The zero-order valence-electron chi connectivity index (χ0n) is 11.3. The lowest BCUT2D eigenvalue weighted by molar-refractivity contribution is -0.130. The maximum atomic E-state index is 12.2. The SMILES string of the molecule is Cc1c(NN)ncnc1NC(C)C(=O)N1CCCC1. The summed E-state index contributed by atoms with van der Waals surface area (Å²) in [6.45, 7) is 5.40. The molecule has 1 aliphatic heterocycles. The van der Waals surface area contributed by atoms with Crippen LogP contribution in [0.5, 0.6) is 0 Å². The van der Waals surface area contributed by atoms with E-state index < -0.39 is 0 Å². The molecule has 104 valence electrons. The van der Waals surface area contributed by atoms with Gasteiger partial charge in [0.2, 0.25) is 5.91 Å². The van der Waals surface area contributed by atoms with Crippen molar-refractivity contribution in [1.29, 1.82) is 0 Å². The molecule has 0 aromatic carbocycles. The molecule has 0 spiro atoms. The second-order valence-corrected chi connectivity index (χ2v) is 4.74. The van der Waals surface area contributed by atoms with Gasteiger partial charge in [0.15, 0.2) is 0 Å². The molecule has 1 aromatic rings. The zero-order chi connectivity index (χ0) is 13.8. The van der Waals surface area contributed by atoms with E-state index in [1.165, 1.54) is 6.33 Å². The van der Waals surface area contributed by atoms with E-state index in [0.29, 0.717) is 11.6 Å². The van der Waals surface area contributed by atoms with Crippen LogP contribution >= 0.6 is 0 Å². The van der Waals surface area contributed by atoms with Crippen molar-refractivity contribution in [2.45, 2.75) is 32.7 Å². The third-order valence-corrected chi connectivity index (χ3v) is 3.36. The summed E-state index contributed by atoms with van der Waals surface area (Å²) in [5.41, 5.74) is 3.30. The number of hydrazine groups is 1. The van der Waals surface area contributed by atoms with Crippen molar-refractivity contribution >= 4 is 17.5 Å². The van der Waals surface area contributed by atoms with Crippen LogP contribution in [0.4, 0.5) is 11.6 Å². The van der Waals surface area contributed by atoms with Gasteiger partial charge in [0, 0.05) is 18.7 Å². The Kier molecular flexibility index (Phi) is 4.16. The van der Waals surface area contributed by atoms with Gasteiger partial charge in [-0.3, -0.25) is 4.79 Å². The Balaban J connectivity index is 2.06. The van der Waals surface area contributed by atoms with Crippen molar-refractivity contribution in [3.05, 3.63) is 11.9 Å². The van der Waals surface area contributed by atoms with Gasteiger partial charge in [-0.2, -0.15) is 0 Å². The van der Waals surface area contributed by atoms with Crippen LogP contribution in [0.15, 0.2) is 6.33 Å². The van der Waals surface area contributed by atoms with Gasteiger partial charge in [-0.1, -0.05) is 0 Å². The number of carbonyl (C=O) groups is 1. The van der Waals surface area contributed by atoms with Gasteiger partial charge >= 0.3 is 0 Å². The smallest absolute Gasteiger partial charge is 0.244 e. The minimum Gasteiger partial charge on any atom is -0.358 e. The Morgan fingerprint density at radius 2 is 2.00 bits per heavy atom. The molecule has 0 bridgehead atoms. The van der Waals surface area contributed by atoms with Crippen LogP contribution in [0.1, 0.15) is 25.3 Å². The topological polar surface area (TPSA) is 96.2 Å². The summed E-state index contributed by atoms with van der Waals surface area (Å²) < 4.78 is 0. The predicted molar refractivity (Wildman–Crippen MR) is 73.5 cm³/mol. The molecule has 0 aliphatic carbocycles. The molecule has 1 amide bonds. The van der Waals surface area contributed by atoms with E-state index in [0.717, 1.165) is 31.5 Å². The normalized spacial score (nSPS) is 16.3. The maximum Gasteiger partial charge on any atom is 0.244 e. The highest BCUT2D eigenvalue weighted by molar-refractivity contribution is 5.84. The quantitative estimate of drug-likeness (QED) is 0.541. The highest BCUT2D eigenvalue weighted by Crippen LogP contribution is 2.18. The molecular weight excluding hydrogens is 244 g/mol. The van der Waals surface area contributed by atoms with Gasteiger partial charge in [-0.15, -0.1) is 0 Å². The predicted octanol–water partition coefficient (Wildman–Crippen LogP) is 0.493. The van der Waals surface area contributed by atoms with Gasteiger partial charge in [-0.25, -0.2) is 15.8 Å². The molecular formula is C12H20N6O. The summed E-state index contributed by atoms with van der Waals surface area (Å²) in [6, 6.07) is -0.308. The molecule has 19 heavy (non-hydrogen) atoms. The Labute approximate surface area is 112 Å². The van der Waals surface area contributed by atoms with Gasteiger partial charge in [0.1, 0.15) is 24.0 Å². The molecule has 4 N–H and O–H groups in total. The lowest BCUT2D eigenvalue weighted by Crippen LogP contribution is -2.40. The van der Waals surface area contributed by atoms with Crippen molar-refractivity contribution in [2.24, 2.45) is 5.84 Å². The van der Waals surface area contributed by atoms with Crippen molar-refractivity contribution in [3.8, 4) is 0 Å². The lowest BCUT2D eigenvalue weighted by atomic mass is 10.2. The van der Waals surface area contributed by atoms with Crippen LogP contribution in [0, 0.1) is 6.92 Å². The summed E-state index contributed by atoms with van der Waals surface area (Å²) in [5, 5.41) is 3.12. The highest BCUT2D eigenvalue weighted by atomic mass is 16.2. The number of nitrogens with one attached hydrogen (secondary N) is 2. The molecule has 0 saturated carbocycles. The van der Waals surface area contributed by atoms with E-state index in [9.17, 15) is 4.79 Å². The van der Waals surface area contributed by atoms with Gasteiger partial charge in [0.05, 0.1) is 0 Å². The first-order valence-electron chi connectivity index (χ1n) is 6.47. The average Bonchev–Trinajstić information content (AvgIpc) is 2.94. The molecule has 1 aromatic heterocycles. The molecule has 7 nitrogen and oxygen atoms in total. The lowest BCUT2D eigenvalue weighted by Gasteiger charge is -2.22. The number of likely N-dealkylation sites (tertiary alicyclic amines) is 1. The van der Waals surface area contributed by atoms with E-state index in [1.54, 1.807) is 0 Å². The Hall–Kier alpha value is -1.89. The second kappa shape index (κ2) is 5.83. The van der Waals surface area contributed by atoms with Crippen LogP contribution in [0.25, 0.3) is 0 Å². The van der Waals surface area contributed by atoms with Crippen LogP contribution in [0.2, 0.25) is 0 Å². The fourth-order valence-corrected chi connectivity index (χ4v) is 2.22. The first kappa shape index (κ1) is 13.5. The standard InChI is InChI=1S/C12H20N6O/c1-8-10(14-7-15-11(8)17-13)16-9(2)12(19)18-5-3-4-6-18/h7,9H,3-6,13H2,1-2H3,(H2,14,15,16,17). The molecule has 2 rings (SSSR count). The highest BCUT2D eigenvalue weighted by Gasteiger charge is 2.23. The molecule has 1 fully saturated rings.